The van der Waals surface area contributed by atoms with Crippen molar-refractivity contribution in [3.05, 3.63) is 101 Å². The maximum absolute atomic E-state index is 13.2. The Morgan fingerprint density at radius 1 is 1.09 bits per heavy atom. The van der Waals surface area contributed by atoms with Crippen LogP contribution in [0.2, 0.25) is 0 Å². The Morgan fingerprint density at radius 2 is 1.88 bits per heavy atom. The molecule has 1 fully saturated rings. The van der Waals surface area contributed by atoms with Gasteiger partial charge in [0, 0.05) is 24.5 Å². The third-order valence-electron chi connectivity index (χ3n) is 5.95. The van der Waals surface area contributed by atoms with E-state index in [-0.39, 0.29) is 17.9 Å². The van der Waals surface area contributed by atoms with E-state index in [1.807, 2.05) is 49.4 Å². The van der Waals surface area contributed by atoms with Gasteiger partial charge in [-0.3, -0.25) is 14.6 Å². The molecule has 174 valence electrons. The number of likely N-dealkylation sites (tertiary alicyclic amines) is 1. The van der Waals surface area contributed by atoms with Crippen molar-refractivity contribution < 1.29 is 19.4 Å². The number of carbonyl (C=O) groups is 2. The third kappa shape index (κ3) is 4.71. The fourth-order valence-corrected chi connectivity index (χ4v) is 4.18. The number of ketones is 1. The molecule has 3 aromatic rings. The van der Waals surface area contributed by atoms with Gasteiger partial charge in [0.05, 0.1) is 18.2 Å². The average Bonchev–Trinajstić information content (AvgIpc) is 3.10. The van der Waals surface area contributed by atoms with Crippen molar-refractivity contribution in [3.8, 4) is 5.75 Å². The lowest BCUT2D eigenvalue weighted by atomic mass is 9.94. The van der Waals surface area contributed by atoms with Crippen molar-refractivity contribution in [2.24, 2.45) is 0 Å². The topological polar surface area (TPSA) is 79.7 Å². The molecular weight excluding hydrogens is 428 g/mol. The van der Waals surface area contributed by atoms with Crippen LogP contribution in [0.3, 0.4) is 0 Å². The Balaban J connectivity index is 1.76. The number of aryl methyl sites for hydroxylation is 1. The zero-order valence-corrected chi connectivity index (χ0v) is 19.4. The first-order valence-electron chi connectivity index (χ1n) is 11.5. The number of aromatic nitrogens is 1. The van der Waals surface area contributed by atoms with Gasteiger partial charge in [0.15, 0.2) is 0 Å². The number of amides is 1. The van der Waals surface area contributed by atoms with Gasteiger partial charge >= 0.3 is 0 Å². The van der Waals surface area contributed by atoms with Crippen molar-refractivity contribution in [2.45, 2.75) is 39.3 Å². The van der Waals surface area contributed by atoms with Gasteiger partial charge in [-0.25, -0.2) is 0 Å². The minimum absolute atomic E-state index is 0.0860. The molecule has 1 aromatic heterocycles. The predicted octanol–water partition coefficient (Wildman–Crippen LogP) is 5.19. The second-order valence-corrected chi connectivity index (χ2v) is 8.38. The average molecular weight is 457 g/mol. The van der Waals surface area contributed by atoms with Gasteiger partial charge in [0.2, 0.25) is 0 Å². The summed E-state index contributed by atoms with van der Waals surface area (Å²) in [6.45, 7) is 4.78. The molecule has 2 heterocycles. The summed E-state index contributed by atoms with van der Waals surface area (Å²) in [5.41, 5.74) is 2.90. The van der Waals surface area contributed by atoms with Gasteiger partial charge in [-0.2, -0.15) is 0 Å². The van der Waals surface area contributed by atoms with E-state index in [9.17, 15) is 14.7 Å². The highest BCUT2D eigenvalue weighted by atomic mass is 16.5. The van der Waals surface area contributed by atoms with E-state index in [1.165, 1.54) is 4.90 Å². The Bertz CT molecular complexity index is 1210. The van der Waals surface area contributed by atoms with E-state index in [1.54, 1.807) is 30.6 Å². The lowest BCUT2D eigenvalue weighted by molar-refractivity contribution is -0.140. The van der Waals surface area contributed by atoms with Crippen LogP contribution in [0.4, 0.5) is 0 Å². The number of carbonyl (C=O) groups excluding carboxylic acids is 2. The van der Waals surface area contributed by atoms with E-state index in [4.69, 9.17) is 4.74 Å². The monoisotopic (exact) mass is 456 g/mol. The molecule has 6 heteroatoms. The van der Waals surface area contributed by atoms with E-state index >= 15 is 0 Å². The maximum Gasteiger partial charge on any atom is 0.295 e. The molecule has 1 atom stereocenters. The summed E-state index contributed by atoms with van der Waals surface area (Å²) in [5, 5.41) is 11.3. The minimum atomic E-state index is -0.707. The van der Waals surface area contributed by atoms with Crippen LogP contribution >= 0.6 is 0 Å². The van der Waals surface area contributed by atoms with Crippen LogP contribution in [0.1, 0.15) is 48.1 Å². The number of hydrogen-bond donors (Lipinski definition) is 1. The number of pyridine rings is 1. The molecule has 6 nitrogen and oxygen atoms in total. The highest BCUT2D eigenvalue weighted by molar-refractivity contribution is 6.46. The van der Waals surface area contributed by atoms with E-state index in [0.717, 1.165) is 29.5 Å². The number of nitrogens with zero attached hydrogens (tertiary/aromatic N) is 2. The summed E-state index contributed by atoms with van der Waals surface area (Å²) in [6, 6.07) is 17.6. The highest BCUT2D eigenvalue weighted by Gasteiger charge is 2.46. The van der Waals surface area contributed by atoms with Crippen molar-refractivity contribution >= 4 is 17.4 Å². The van der Waals surface area contributed by atoms with Crippen LogP contribution in [0.15, 0.2) is 78.6 Å². The first-order chi connectivity index (χ1) is 16.5. The van der Waals surface area contributed by atoms with Gasteiger partial charge in [-0.1, -0.05) is 49.7 Å². The largest absolute Gasteiger partial charge is 0.507 e. The summed E-state index contributed by atoms with van der Waals surface area (Å²) in [4.78, 5) is 31.9. The second kappa shape index (κ2) is 10.3. The smallest absolute Gasteiger partial charge is 0.295 e. The molecule has 1 aliphatic rings. The standard InChI is InChI=1S/C28H28N2O4/c1-3-4-15-34-22-12-13-23(19(2)16-22)26(31)24-25(21-10-6-5-7-11-21)30(28(33)27(24)32)18-20-9-8-14-29-17-20/h5-14,16-17,25,31H,3-4,15,18H2,1-2H3/b26-24+. The first kappa shape index (κ1) is 23.2. The van der Waals surface area contributed by atoms with Crippen LogP contribution in [0, 0.1) is 6.92 Å². The van der Waals surface area contributed by atoms with Crippen molar-refractivity contribution in [3.63, 3.8) is 0 Å². The SMILES string of the molecule is CCCCOc1ccc(/C(O)=C2\C(=O)C(=O)N(Cc3cccnc3)C2c2ccccc2)c(C)c1. The van der Waals surface area contributed by atoms with Crippen LogP contribution in [0.5, 0.6) is 5.75 Å². The molecule has 1 aliphatic heterocycles. The summed E-state index contributed by atoms with van der Waals surface area (Å²) in [6.07, 6.45) is 5.32. The van der Waals surface area contributed by atoms with Crippen LogP contribution < -0.4 is 4.74 Å². The summed E-state index contributed by atoms with van der Waals surface area (Å²) in [7, 11) is 0. The summed E-state index contributed by atoms with van der Waals surface area (Å²) >= 11 is 0. The minimum Gasteiger partial charge on any atom is -0.507 e. The van der Waals surface area contributed by atoms with Crippen LogP contribution in [-0.2, 0) is 16.1 Å². The highest BCUT2D eigenvalue weighted by Crippen LogP contribution is 2.40. The molecule has 1 unspecified atom stereocenters. The molecule has 4 rings (SSSR count). The van der Waals surface area contributed by atoms with Crippen LogP contribution in [0.25, 0.3) is 5.76 Å². The molecule has 0 bridgehead atoms. The Labute approximate surface area is 199 Å². The predicted molar refractivity (Wildman–Crippen MR) is 130 cm³/mol. The Hall–Kier alpha value is -3.93. The second-order valence-electron chi connectivity index (χ2n) is 8.38. The fourth-order valence-electron chi connectivity index (χ4n) is 4.18. The normalized spacial score (nSPS) is 17.2. The number of rotatable bonds is 8. The quantitative estimate of drug-likeness (QED) is 0.218. The number of aliphatic hydroxyl groups is 1. The molecule has 1 amide bonds. The summed E-state index contributed by atoms with van der Waals surface area (Å²) < 4.78 is 5.77. The number of ether oxygens (including phenoxy) is 1. The van der Waals surface area contributed by atoms with Gasteiger partial charge in [-0.05, 0) is 54.3 Å². The Morgan fingerprint density at radius 3 is 2.56 bits per heavy atom. The molecule has 0 radical (unpaired) electrons. The van der Waals surface area contributed by atoms with Crippen molar-refractivity contribution in [2.75, 3.05) is 6.61 Å². The maximum atomic E-state index is 13.2. The fraction of sp³-hybridized carbons (Fsp3) is 0.250. The molecule has 0 aliphatic carbocycles. The van der Waals surface area contributed by atoms with Gasteiger partial charge in [0.1, 0.15) is 11.5 Å². The molecule has 34 heavy (non-hydrogen) atoms. The zero-order chi connectivity index (χ0) is 24.1. The van der Waals surface area contributed by atoms with Gasteiger partial charge < -0.3 is 14.7 Å². The molecule has 0 spiro atoms. The molecule has 1 saturated heterocycles. The van der Waals surface area contributed by atoms with Gasteiger partial charge in [0.25, 0.3) is 11.7 Å². The summed E-state index contributed by atoms with van der Waals surface area (Å²) in [5.74, 6) is -0.813. The van der Waals surface area contributed by atoms with E-state index < -0.39 is 17.7 Å². The lowest BCUT2D eigenvalue weighted by Crippen LogP contribution is -2.29. The number of hydrogen-bond acceptors (Lipinski definition) is 5. The van der Waals surface area contributed by atoms with Gasteiger partial charge in [-0.15, -0.1) is 0 Å². The van der Waals surface area contributed by atoms with Crippen molar-refractivity contribution in [1.82, 2.24) is 9.88 Å². The molecule has 2 aromatic carbocycles. The lowest BCUT2D eigenvalue weighted by Gasteiger charge is -2.25. The first-order valence-corrected chi connectivity index (χ1v) is 11.5. The van der Waals surface area contributed by atoms with E-state index in [2.05, 4.69) is 11.9 Å². The molecule has 1 N–H and O–H groups in total. The molecule has 0 saturated carbocycles. The van der Waals surface area contributed by atoms with Crippen LogP contribution in [-0.4, -0.2) is 33.3 Å². The van der Waals surface area contributed by atoms with Crippen molar-refractivity contribution in [1.29, 1.82) is 0 Å². The Kier molecular flexibility index (Phi) is 7.07. The number of Topliss-reactive ketones (excluding diaryl/α,β-unsaturated/α-hetero) is 1. The zero-order valence-electron chi connectivity index (χ0n) is 19.4. The number of aliphatic hydroxyl groups excluding tert-OH is 1. The number of unbranched alkanes of at least 4 members (excludes halogenated alkanes) is 1. The third-order valence-corrected chi connectivity index (χ3v) is 5.95. The number of benzene rings is 2. The van der Waals surface area contributed by atoms with E-state index in [0.29, 0.717) is 17.9 Å². The molecular formula is C28H28N2O4.